The zero-order valence-electron chi connectivity index (χ0n) is 12.9. The molecule has 0 aromatic carbocycles. The average molecular weight is 297 g/mol. The fourth-order valence-electron chi connectivity index (χ4n) is 3.29. The molecule has 2 fully saturated rings. The van der Waals surface area contributed by atoms with Crippen molar-refractivity contribution in [2.75, 3.05) is 46.4 Å². The van der Waals surface area contributed by atoms with Crippen molar-refractivity contribution in [3.8, 4) is 0 Å². The lowest BCUT2D eigenvalue weighted by Crippen LogP contribution is -2.44. The van der Waals surface area contributed by atoms with Gasteiger partial charge in [0, 0.05) is 25.6 Å². The Bertz CT molecular complexity index is 361. The topological polar surface area (TPSA) is 57.5 Å². The monoisotopic (exact) mass is 297 g/mol. The van der Waals surface area contributed by atoms with Gasteiger partial charge in [-0.3, -0.25) is 4.90 Å². The van der Waals surface area contributed by atoms with E-state index in [1.54, 1.807) is 0 Å². The lowest BCUT2D eigenvalue weighted by atomic mass is 9.97. The van der Waals surface area contributed by atoms with E-state index in [0.29, 0.717) is 12.5 Å². The van der Waals surface area contributed by atoms with Crippen molar-refractivity contribution >= 4 is 5.90 Å². The highest BCUT2D eigenvalue weighted by Crippen LogP contribution is 2.21. The van der Waals surface area contributed by atoms with E-state index in [-0.39, 0.29) is 12.2 Å². The van der Waals surface area contributed by atoms with Crippen molar-refractivity contribution in [1.82, 2.24) is 9.80 Å². The second kappa shape index (κ2) is 6.94. The predicted octanol–water partition coefficient (Wildman–Crippen LogP) is 0.514. The van der Waals surface area contributed by atoms with Gasteiger partial charge < -0.3 is 19.6 Å². The van der Waals surface area contributed by atoms with Crippen LogP contribution >= 0.6 is 0 Å². The van der Waals surface area contributed by atoms with Crippen molar-refractivity contribution in [3.63, 3.8) is 0 Å². The number of ether oxygens (including phenoxy) is 1. The maximum Gasteiger partial charge on any atom is 0.229 e. The molecule has 0 aromatic rings. The molecular weight excluding hydrogens is 270 g/mol. The Balaban J connectivity index is 1.43. The Kier molecular flexibility index (Phi) is 4.98. The van der Waals surface area contributed by atoms with Crippen LogP contribution in [0.2, 0.25) is 0 Å². The standard InChI is InChI=1S/C15H27N3O3/c1-17-6-2-12(3-7-17)15-16-21-14(11-20-15)10-18-8-4-13(19)5-9-18/h12-14,19H,2-11H2,1H3. The van der Waals surface area contributed by atoms with Crippen LogP contribution in [0.3, 0.4) is 0 Å². The summed E-state index contributed by atoms with van der Waals surface area (Å²) in [6.45, 7) is 5.53. The molecule has 3 aliphatic heterocycles. The number of aliphatic hydroxyl groups excluding tert-OH is 1. The van der Waals surface area contributed by atoms with Crippen LogP contribution in [0.15, 0.2) is 5.16 Å². The van der Waals surface area contributed by atoms with E-state index in [9.17, 15) is 5.11 Å². The number of piperidine rings is 2. The zero-order valence-corrected chi connectivity index (χ0v) is 12.9. The van der Waals surface area contributed by atoms with Crippen LogP contribution in [0.5, 0.6) is 0 Å². The van der Waals surface area contributed by atoms with Gasteiger partial charge in [-0.15, -0.1) is 0 Å². The van der Waals surface area contributed by atoms with E-state index in [1.807, 2.05) is 0 Å². The van der Waals surface area contributed by atoms with Crippen molar-refractivity contribution in [1.29, 1.82) is 0 Å². The smallest absolute Gasteiger partial charge is 0.229 e. The Morgan fingerprint density at radius 1 is 1.14 bits per heavy atom. The molecule has 0 aromatic heterocycles. The number of hydrogen-bond donors (Lipinski definition) is 1. The summed E-state index contributed by atoms with van der Waals surface area (Å²) in [5, 5.41) is 13.8. The van der Waals surface area contributed by atoms with Crippen molar-refractivity contribution < 1.29 is 14.7 Å². The highest BCUT2D eigenvalue weighted by atomic mass is 16.7. The van der Waals surface area contributed by atoms with Gasteiger partial charge in [0.15, 0.2) is 6.10 Å². The van der Waals surface area contributed by atoms with Crippen LogP contribution in [0, 0.1) is 5.92 Å². The molecule has 3 aliphatic rings. The SMILES string of the molecule is CN1CCC(C2=NOC(CN3CCC(O)CC3)CO2)CC1. The van der Waals surface area contributed by atoms with Gasteiger partial charge >= 0.3 is 0 Å². The first kappa shape index (κ1) is 15.1. The summed E-state index contributed by atoms with van der Waals surface area (Å²) in [5.41, 5.74) is 0. The van der Waals surface area contributed by atoms with Crippen LogP contribution < -0.4 is 0 Å². The van der Waals surface area contributed by atoms with Crippen molar-refractivity contribution in [3.05, 3.63) is 0 Å². The van der Waals surface area contributed by atoms with Crippen molar-refractivity contribution in [2.45, 2.75) is 37.9 Å². The van der Waals surface area contributed by atoms with E-state index in [4.69, 9.17) is 9.57 Å². The average Bonchev–Trinajstić information content (AvgIpc) is 2.51. The highest BCUT2D eigenvalue weighted by Gasteiger charge is 2.29. The van der Waals surface area contributed by atoms with Crippen LogP contribution in [-0.2, 0) is 9.57 Å². The van der Waals surface area contributed by atoms with Gasteiger partial charge in [0.1, 0.15) is 6.61 Å². The van der Waals surface area contributed by atoms with Gasteiger partial charge in [0.25, 0.3) is 0 Å². The fourth-order valence-corrected chi connectivity index (χ4v) is 3.29. The third-order valence-electron chi connectivity index (χ3n) is 4.80. The van der Waals surface area contributed by atoms with E-state index < -0.39 is 0 Å². The lowest BCUT2D eigenvalue weighted by Gasteiger charge is -2.34. The van der Waals surface area contributed by atoms with Gasteiger partial charge in [-0.2, -0.15) is 0 Å². The molecule has 0 amide bonds. The molecule has 120 valence electrons. The highest BCUT2D eigenvalue weighted by molar-refractivity contribution is 5.78. The Labute approximate surface area is 126 Å². The van der Waals surface area contributed by atoms with E-state index >= 15 is 0 Å². The first-order chi connectivity index (χ1) is 10.2. The second-order valence-corrected chi connectivity index (χ2v) is 6.58. The maximum absolute atomic E-state index is 9.52. The van der Waals surface area contributed by atoms with Crippen LogP contribution in [-0.4, -0.2) is 79.4 Å². The number of hydrogen-bond acceptors (Lipinski definition) is 6. The Morgan fingerprint density at radius 3 is 2.48 bits per heavy atom. The Morgan fingerprint density at radius 2 is 1.86 bits per heavy atom. The van der Waals surface area contributed by atoms with Gasteiger partial charge in [-0.05, 0) is 45.8 Å². The summed E-state index contributed by atoms with van der Waals surface area (Å²) in [7, 11) is 2.15. The van der Waals surface area contributed by atoms with Crippen LogP contribution in [0.25, 0.3) is 0 Å². The molecule has 0 saturated carbocycles. The fraction of sp³-hybridized carbons (Fsp3) is 0.933. The molecule has 1 unspecified atom stereocenters. The quantitative estimate of drug-likeness (QED) is 0.823. The third kappa shape index (κ3) is 4.08. The molecule has 2 saturated heterocycles. The molecule has 3 rings (SSSR count). The number of likely N-dealkylation sites (tertiary alicyclic amines) is 2. The van der Waals surface area contributed by atoms with Gasteiger partial charge in [-0.25, -0.2) is 0 Å². The third-order valence-corrected chi connectivity index (χ3v) is 4.80. The second-order valence-electron chi connectivity index (χ2n) is 6.58. The molecule has 0 radical (unpaired) electrons. The minimum Gasteiger partial charge on any atom is -0.474 e. The summed E-state index contributed by atoms with van der Waals surface area (Å²) < 4.78 is 5.86. The molecule has 21 heavy (non-hydrogen) atoms. The molecule has 0 aliphatic carbocycles. The lowest BCUT2D eigenvalue weighted by molar-refractivity contribution is -0.0417. The molecule has 0 bridgehead atoms. The summed E-state index contributed by atoms with van der Waals surface area (Å²) in [5.74, 6) is 1.22. The van der Waals surface area contributed by atoms with E-state index in [0.717, 1.165) is 64.3 Å². The van der Waals surface area contributed by atoms with Crippen molar-refractivity contribution in [2.24, 2.45) is 11.1 Å². The normalized spacial score (nSPS) is 30.6. The summed E-state index contributed by atoms with van der Waals surface area (Å²) >= 11 is 0. The largest absolute Gasteiger partial charge is 0.474 e. The van der Waals surface area contributed by atoms with E-state index in [2.05, 4.69) is 22.0 Å². The van der Waals surface area contributed by atoms with Gasteiger partial charge in [-0.1, -0.05) is 5.16 Å². The zero-order chi connectivity index (χ0) is 14.7. The predicted molar refractivity (Wildman–Crippen MR) is 80.2 cm³/mol. The van der Waals surface area contributed by atoms with Crippen LogP contribution in [0.4, 0.5) is 0 Å². The molecule has 6 nitrogen and oxygen atoms in total. The first-order valence-electron chi connectivity index (χ1n) is 8.16. The summed E-state index contributed by atoms with van der Waals surface area (Å²) in [6, 6.07) is 0. The maximum atomic E-state index is 9.52. The van der Waals surface area contributed by atoms with Gasteiger partial charge in [0.05, 0.1) is 6.10 Å². The molecule has 0 spiro atoms. The van der Waals surface area contributed by atoms with E-state index in [1.165, 1.54) is 0 Å². The Hall–Kier alpha value is -0.850. The summed E-state index contributed by atoms with van der Waals surface area (Å²) in [6.07, 6.45) is 3.82. The first-order valence-corrected chi connectivity index (χ1v) is 8.16. The number of rotatable bonds is 3. The molecule has 1 N–H and O–H groups in total. The summed E-state index contributed by atoms with van der Waals surface area (Å²) in [4.78, 5) is 10.3. The molecular formula is C15H27N3O3. The molecule has 1 atom stereocenters. The minimum absolute atomic E-state index is 0.0234. The van der Waals surface area contributed by atoms with Gasteiger partial charge in [0.2, 0.25) is 5.90 Å². The number of nitrogens with zero attached hydrogens (tertiary/aromatic N) is 3. The number of aliphatic hydroxyl groups is 1. The molecule has 6 heteroatoms. The van der Waals surface area contributed by atoms with Crippen LogP contribution in [0.1, 0.15) is 25.7 Å². The molecule has 3 heterocycles. The number of oxime groups is 1. The minimum atomic E-state index is -0.126.